The van der Waals surface area contributed by atoms with Crippen molar-refractivity contribution in [3.8, 4) is 11.1 Å². The average Bonchev–Trinajstić information content (AvgIpc) is 2.57. The van der Waals surface area contributed by atoms with Gasteiger partial charge in [-0.25, -0.2) is 9.83 Å². The summed E-state index contributed by atoms with van der Waals surface area (Å²) in [6.45, 7) is 7.12. The van der Waals surface area contributed by atoms with Crippen LogP contribution < -0.4 is 16.2 Å². The van der Waals surface area contributed by atoms with Gasteiger partial charge >= 0.3 is 0 Å². The molecule has 0 bridgehead atoms. The van der Waals surface area contributed by atoms with E-state index in [4.69, 9.17) is 42.0 Å². The van der Waals surface area contributed by atoms with Crippen LogP contribution in [-0.4, -0.2) is 23.1 Å². The van der Waals surface area contributed by atoms with E-state index in [1.165, 1.54) is 6.07 Å². The van der Waals surface area contributed by atoms with Gasteiger partial charge in [0, 0.05) is 12.6 Å². The molecular formula is C15H11Cl2N5OS. The van der Waals surface area contributed by atoms with Crippen molar-refractivity contribution in [1.82, 2.24) is 21.2 Å². The molecule has 0 saturated heterocycles. The van der Waals surface area contributed by atoms with E-state index in [1.54, 1.807) is 31.3 Å². The van der Waals surface area contributed by atoms with Gasteiger partial charge in [0.1, 0.15) is 10.3 Å². The lowest BCUT2D eigenvalue weighted by atomic mass is 9.99. The number of pyridine rings is 1. The van der Waals surface area contributed by atoms with E-state index in [9.17, 15) is 4.79 Å². The topological polar surface area (TPSA) is 70.4 Å². The number of carbonyl (C=O) groups is 1. The number of amides is 1. The number of halogens is 2. The highest BCUT2D eigenvalue weighted by molar-refractivity contribution is 7.80. The van der Waals surface area contributed by atoms with Crippen molar-refractivity contribution >= 4 is 52.1 Å². The number of rotatable bonds is 2. The van der Waals surface area contributed by atoms with Gasteiger partial charge in [-0.15, -0.1) is 0 Å². The zero-order valence-corrected chi connectivity index (χ0v) is 14.7. The average molecular weight is 380 g/mol. The Morgan fingerprint density at radius 1 is 1.21 bits per heavy atom. The lowest BCUT2D eigenvalue weighted by molar-refractivity contribution is 0.0944. The van der Waals surface area contributed by atoms with Gasteiger partial charge in [-0.2, -0.15) is 0 Å². The fourth-order valence-corrected chi connectivity index (χ4v) is 2.42. The van der Waals surface area contributed by atoms with Gasteiger partial charge in [0.25, 0.3) is 5.91 Å². The van der Waals surface area contributed by atoms with Crippen molar-refractivity contribution in [1.29, 1.82) is 0 Å². The second kappa shape index (κ2) is 7.93. The maximum Gasteiger partial charge on any atom is 0.269 e. The van der Waals surface area contributed by atoms with Gasteiger partial charge in [0.15, 0.2) is 10.8 Å². The summed E-state index contributed by atoms with van der Waals surface area (Å²) in [4.78, 5) is 19.7. The summed E-state index contributed by atoms with van der Waals surface area (Å²) in [7, 11) is 1.62. The maximum absolute atomic E-state index is 12.5. The monoisotopic (exact) mass is 379 g/mol. The van der Waals surface area contributed by atoms with E-state index in [0.29, 0.717) is 16.8 Å². The van der Waals surface area contributed by atoms with Crippen LogP contribution in [0.5, 0.6) is 0 Å². The van der Waals surface area contributed by atoms with E-state index in [1.807, 2.05) is 0 Å². The quantitative estimate of drug-likeness (QED) is 0.323. The van der Waals surface area contributed by atoms with E-state index < -0.39 is 5.91 Å². The molecule has 0 aliphatic heterocycles. The van der Waals surface area contributed by atoms with Gasteiger partial charge < -0.3 is 5.32 Å². The Hall–Kier alpha value is -2.40. The molecule has 122 valence electrons. The van der Waals surface area contributed by atoms with Crippen LogP contribution in [0.2, 0.25) is 10.3 Å². The fraction of sp³-hybridized carbons (Fsp3) is 0.0667. The molecule has 2 aromatic rings. The molecule has 9 heteroatoms. The van der Waals surface area contributed by atoms with Gasteiger partial charge in [0.05, 0.1) is 6.57 Å². The second-order valence-corrected chi connectivity index (χ2v) is 5.68. The molecule has 0 fully saturated rings. The molecule has 0 unspecified atom stereocenters. The highest BCUT2D eigenvalue weighted by Crippen LogP contribution is 2.30. The molecule has 1 amide bonds. The number of hydrogen-bond acceptors (Lipinski definition) is 3. The molecule has 1 aromatic carbocycles. The Morgan fingerprint density at radius 2 is 1.88 bits per heavy atom. The van der Waals surface area contributed by atoms with E-state index in [0.717, 1.165) is 0 Å². The number of benzene rings is 1. The summed E-state index contributed by atoms with van der Waals surface area (Å²) < 4.78 is 0. The molecule has 3 N–H and O–H groups in total. The zero-order valence-electron chi connectivity index (χ0n) is 12.4. The van der Waals surface area contributed by atoms with Crippen LogP contribution >= 0.6 is 35.4 Å². The molecule has 2 rings (SSSR count). The second-order valence-electron chi connectivity index (χ2n) is 4.50. The van der Waals surface area contributed by atoms with E-state index >= 15 is 0 Å². The third-order valence-corrected chi connectivity index (χ3v) is 3.66. The van der Waals surface area contributed by atoms with Gasteiger partial charge in [-0.05, 0) is 41.5 Å². The largest absolute Gasteiger partial charge is 0.364 e. The molecule has 24 heavy (non-hydrogen) atoms. The minimum atomic E-state index is -0.461. The molecule has 0 atom stereocenters. The first kappa shape index (κ1) is 17.9. The molecule has 0 spiro atoms. The highest BCUT2D eigenvalue weighted by Gasteiger charge is 2.15. The summed E-state index contributed by atoms with van der Waals surface area (Å²) in [5, 5.41) is 3.32. The predicted octanol–water partition coefficient (Wildman–Crippen LogP) is 3.34. The van der Waals surface area contributed by atoms with Crippen molar-refractivity contribution in [3.05, 3.63) is 57.6 Å². The Morgan fingerprint density at radius 3 is 2.46 bits per heavy atom. The van der Waals surface area contributed by atoms with Crippen LogP contribution in [0.4, 0.5) is 5.69 Å². The van der Waals surface area contributed by atoms with Crippen molar-refractivity contribution in [2.75, 3.05) is 7.05 Å². The smallest absolute Gasteiger partial charge is 0.269 e. The summed E-state index contributed by atoms with van der Waals surface area (Å²) in [5.74, 6) is -0.461. The van der Waals surface area contributed by atoms with Crippen LogP contribution in [0.3, 0.4) is 0 Å². The SMILES string of the molecule is [C-]#[N+]c1ccc(-c2cc(Cl)nc(Cl)c2)c(C(=O)NNC(=S)NC)c1. The lowest BCUT2D eigenvalue weighted by Crippen LogP contribution is -2.45. The minimum Gasteiger partial charge on any atom is -0.364 e. The molecular weight excluding hydrogens is 369 g/mol. The van der Waals surface area contributed by atoms with Crippen LogP contribution in [0.15, 0.2) is 30.3 Å². The van der Waals surface area contributed by atoms with Gasteiger partial charge in [-0.1, -0.05) is 35.3 Å². The summed E-state index contributed by atoms with van der Waals surface area (Å²) in [6, 6.07) is 7.91. The normalized spacial score (nSPS) is 9.75. The molecule has 1 heterocycles. The number of hydrogen-bond donors (Lipinski definition) is 3. The predicted molar refractivity (Wildman–Crippen MR) is 98.2 cm³/mol. The highest BCUT2D eigenvalue weighted by atomic mass is 35.5. The first-order chi connectivity index (χ1) is 11.4. The minimum absolute atomic E-state index is 0.201. The molecule has 0 saturated carbocycles. The molecule has 1 aromatic heterocycles. The Bertz CT molecular complexity index is 830. The number of thiocarbonyl (C=S) groups is 1. The van der Waals surface area contributed by atoms with Gasteiger partial charge in [-0.3, -0.25) is 15.6 Å². The van der Waals surface area contributed by atoms with E-state index in [2.05, 4.69) is 26.0 Å². The van der Waals surface area contributed by atoms with Crippen molar-refractivity contribution in [2.45, 2.75) is 0 Å². The molecule has 0 aliphatic rings. The van der Waals surface area contributed by atoms with Gasteiger partial charge in [0.2, 0.25) is 0 Å². The number of carbonyl (C=O) groups excluding carboxylic acids is 1. The molecule has 0 aliphatic carbocycles. The maximum atomic E-state index is 12.5. The van der Waals surface area contributed by atoms with Crippen molar-refractivity contribution in [2.24, 2.45) is 0 Å². The summed E-state index contributed by atoms with van der Waals surface area (Å²) in [5.41, 5.74) is 6.78. The number of nitrogens with one attached hydrogen (secondary N) is 3. The fourth-order valence-electron chi connectivity index (χ4n) is 1.91. The standard InChI is InChI=1S/C15H11Cl2N5OS/c1-18-9-3-4-10(8-5-12(16)20-13(17)6-8)11(7-9)14(23)21-22-15(24)19-2/h3-7H,2H3,(H,21,23)(H2,19,22,24). The summed E-state index contributed by atoms with van der Waals surface area (Å²) >= 11 is 16.8. The first-order valence-corrected chi connectivity index (χ1v) is 7.74. The number of aromatic nitrogens is 1. The number of hydrazine groups is 1. The number of nitrogens with zero attached hydrogens (tertiary/aromatic N) is 2. The Kier molecular flexibility index (Phi) is 5.93. The van der Waals surface area contributed by atoms with Crippen LogP contribution in [0.25, 0.3) is 16.0 Å². The molecule has 6 nitrogen and oxygen atoms in total. The zero-order chi connectivity index (χ0) is 17.7. The first-order valence-electron chi connectivity index (χ1n) is 6.57. The van der Waals surface area contributed by atoms with Crippen molar-refractivity contribution < 1.29 is 4.79 Å². The Labute approximate surface area is 154 Å². The summed E-state index contributed by atoms with van der Waals surface area (Å²) in [6.07, 6.45) is 0. The van der Waals surface area contributed by atoms with E-state index in [-0.39, 0.29) is 21.0 Å². The third-order valence-electron chi connectivity index (χ3n) is 2.97. The lowest BCUT2D eigenvalue weighted by Gasteiger charge is -2.13. The molecule has 0 radical (unpaired) electrons. The third kappa shape index (κ3) is 4.32. The Balaban J connectivity index is 2.46. The van der Waals surface area contributed by atoms with Crippen molar-refractivity contribution in [3.63, 3.8) is 0 Å². The van der Waals surface area contributed by atoms with Crippen LogP contribution in [0.1, 0.15) is 10.4 Å². The van der Waals surface area contributed by atoms with Crippen LogP contribution in [-0.2, 0) is 0 Å². The van der Waals surface area contributed by atoms with Crippen LogP contribution in [0, 0.1) is 6.57 Å².